The van der Waals surface area contributed by atoms with E-state index >= 15 is 0 Å². The second kappa shape index (κ2) is 5.98. The number of rotatable bonds is 4. The third-order valence-corrected chi connectivity index (χ3v) is 5.85. The smallest absolute Gasteiger partial charge is 0.0263 e. The number of nitrogens with zero attached hydrogens (tertiary/aromatic N) is 1. The third kappa shape index (κ3) is 2.78. The zero-order chi connectivity index (χ0) is 12.4. The van der Waals surface area contributed by atoms with Gasteiger partial charge in [-0.05, 0) is 43.9 Å². The summed E-state index contributed by atoms with van der Waals surface area (Å²) in [6.07, 6.45) is 5.36. The molecule has 0 bridgehead atoms. The molecule has 1 saturated heterocycles. The van der Waals surface area contributed by atoms with Crippen LogP contribution in [0.5, 0.6) is 0 Å². The van der Waals surface area contributed by atoms with E-state index in [1.165, 1.54) is 43.7 Å². The summed E-state index contributed by atoms with van der Waals surface area (Å²) in [5, 5.41) is 1.92. The second-order valence-corrected chi connectivity index (χ2v) is 7.46. The standard InChI is InChI=1S/C15H20BrNS/c16-8-7-13-5-3-9-17(13)11-14-10-12-4-1-2-6-15(12)18-14/h1-2,4,6,13-14H,3,5,7-11H2. The van der Waals surface area contributed by atoms with Crippen molar-refractivity contribution in [3.8, 4) is 0 Å². The molecule has 1 aromatic rings. The molecule has 0 aromatic heterocycles. The quantitative estimate of drug-likeness (QED) is 0.771. The molecule has 1 fully saturated rings. The molecule has 3 rings (SSSR count). The molecule has 2 heterocycles. The Labute approximate surface area is 122 Å². The van der Waals surface area contributed by atoms with Gasteiger partial charge < -0.3 is 0 Å². The molecule has 2 aliphatic rings. The first-order valence-electron chi connectivity index (χ1n) is 6.91. The highest BCUT2D eigenvalue weighted by molar-refractivity contribution is 9.09. The minimum absolute atomic E-state index is 0.776. The Bertz CT molecular complexity index is 384. The van der Waals surface area contributed by atoms with Crippen LogP contribution < -0.4 is 0 Å². The van der Waals surface area contributed by atoms with Crippen LogP contribution in [-0.4, -0.2) is 34.6 Å². The molecule has 0 spiro atoms. The van der Waals surface area contributed by atoms with E-state index in [2.05, 4.69) is 56.9 Å². The minimum atomic E-state index is 0.776. The lowest BCUT2D eigenvalue weighted by Crippen LogP contribution is -2.35. The normalized spacial score (nSPS) is 27.6. The first-order valence-corrected chi connectivity index (χ1v) is 8.91. The van der Waals surface area contributed by atoms with E-state index in [1.54, 1.807) is 5.56 Å². The van der Waals surface area contributed by atoms with E-state index in [-0.39, 0.29) is 0 Å². The first-order chi connectivity index (χ1) is 8.86. The van der Waals surface area contributed by atoms with Crippen LogP contribution in [0.4, 0.5) is 0 Å². The van der Waals surface area contributed by atoms with E-state index in [0.29, 0.717) is 0 Å². The maximum Gasteiger partial charge on any atom is 0.0263 e. The average molecular weight is 326 g/mol. The SMILES string of the molecule is BrCCC1CCCN1CC1Cc2ccccc2S1. The van der Waals surface area contributed by atoms with Crippen LogP contribution in [0, 0.1) is 0 Å². The Balaban J connectivity index is 1.59. The van der Waals surface area contributed by atoms with Crippen molar-refractivity contribution in [1.29, 1.82) is 0 Å². The number of fused-ring (bicyclic) bond motifs is 1. The molecule has 1 nitrogen and oxygen atoms in total. The Morgan fingerprint density at radius 2 is 2.22 bits per heavy atom. The summed E-state index contributed by atoms with van der Waals surface area (Å²) >= 11 is 5.68. The summed E-state index contributed by atoms with van der Waals surface area (Å²) in [5.41, 5.74) is 1.56. The molecule has 0 saturated carbocycles. The van der Waals surface area contributed by atoms with Gasteiger partial charge in [0.05, 0.1) is 0 Å². The lowest BCUT2D eigenvalue weighted by atomic mass is 10.1. The van der Waals surface area contributed by atoms with Gasteiger partial charge in [0.2, 0.25) is 0 Å². The van der Waals surface area contributed by atoms with Gasteiger partial charge in [0, 0.05) is 28.1 Å². The van der Waals surface area contributed by atoms with E-state index in [0.717, 1.165) is 16.6 Å². The topological polar surface area (TPSA) is 3.24 Å². The van der Waals surface area contributed by atoms with Gasteiger partial charge in [-0.25, -0.2) is 0 Å². The van der Waals surface area contributed by atoms with E-state index < -0.39 is 0 Å². The molecule has 0 radical (unpaired) electrons. The highest BCUT2D eigenvalue weighted by Gasteiger charge is 2.29. The number of hydrogen-bond acceptors (Lipinski definition) is 2. The van der Waals surface area contributed by atoms with Crippen molar-refractivity contribution in [1.82, 2.24) is 4.90 Å². The average Bonchev–Trinajstić information content (AvgIpc) is 2.97. The maximum atomic E-state index is 3.59. The van der Waals surface area contributed by atoms with Crippen LogP contribution in [0.25, 0.3) is 0 Å². The third-order valence-electron chi connectivity index (χ3n) is 4.09. The fourth-order valence-electron chi connectivity index (χ4n) is 3.21. The number of thioether (sulfide) groups is 1. The van der Waals surface area contributed by atoms with Crippen LogP contribution in [0.3, 0.4) is 0 Å². The Morgan fingerprint density at radius 1 is 1.33 bits per heavy atom. The van der Waals surface area contributed by atoms with Crippen molar-refractivity contribution in [2.45, 2.75) is 41.9 Å². The molecule has 2 atom stereocenters. The Morgan fingerprint density at radius 3 is 3.06 bits per heavy atom. The summed E-state index contributed by atoms with van der Waals surface area (Å²) in [6, 6.07) is 9.74. The molecule has 0 amide bonds. The molecular weight excluding hydrogens is 306 g/mol. The van der Waals surface area contributed by atoms with Crippen LogP contribution in [0.1, 0.15) is 24.8 Å². The molecule has 1 aromatic carbocycles. The van der Waals surface area contributed by atoms with Crippen LogP contribution in [-0.2, 0) is 6.42 Å². The minimum Gasteiger partial charge on any atom is -0.299 e. The van der Waals surface area contributed by atoms with Crippen molar-refractivity contribution in [3.63, 3.8) is 0 Å². The monoisotopic (exact) mass is 325 g/mol. The van der Waals surface area contributed by atoms with Gasteiger partial charge in [0.1, 0.15) is 0 Å². The Kier molecular flexibility index (Phi) is 4.32. The van der Waals surface area contributed by atoms with Crippen LogP contribution in [0.2, 0.25) is 0 Å². The highest BCUT2D eigenvalue weighted by Crippen LogP contribution is 2.38. The molecule has 0 N–H and O–H groups in total. The van der Waals surface area contributed by atoms with E-state index in [4.69, 9.17) is 0 Å². The van der Waals surface area contributed by atoms with Crippen molar-refractivity contribution in [2.24, 2.45) is 0 Å². The second-order valence-electron chi connectivity index (χ2n) is 5.32. The molecule has 18 heavy (non-hydrogen) atoms. The number of halogens is 1. The lowest BCUT2D eigenvalue weighted by molar-refractivity contribution is 0.251. The largest absolute Gasteiger partial charge is 0.299 e. The van der Waals surface area contributed by atoms with Gasteiger partial charge in [0.15, 0.2) is 0 Å². The van der Waals surface area contributed by atoms with Gasteiger partial charge >= 0.3 is 0 Å². The van der Waals surface area contributed by atoms with Gasteiger partial charge in [-0.1, -0.05) is 34.1 Å². The fourth-order valence-corrected chi connectivity index (χ4v) is 5.08. The number of hydrogen-bond donors (Lipinski definition) is 0. The van der Waals surface area contributed by atoms with Gasteiger partial charge in [0.25, 0.3) is 0 Å². The van der Waals surface area contributed by atoms with Crippen molar-refractivity contribution in [2.75, 3.05) is 18.4 Å². The molecule has 98 valence electrons. The number of likely N-dealkylation sites (tertiary alicyclic amines) is 1. The summed E-state index contributed by atoms with van der Waals surface area (Å²) < 4.78 is 0. The maximum absolute atomic E-state index is 3.59. The van der Waals surface area contributed by atoms with E-state index in [9.17, 15) is 0 Å². The van der Waals surface area contributed by atoms with Crippen LogP contribution >= 0.6 is 27.7 Å². The van der Waals surface area contributed by atoms with Gasteiger partial charge in [-0.3, -0.25) is 4.90 Å². The fraction of sp³-hybridized carbons (Fsp3) is 0.600. The van der Waals surface area contributed by atoms with Gasteiger partial charge in [-0.15, -0.1) is 11.8 Å². The molecule has 2 unspecified atom stereocenters. The van der Waals surface area contributed by atoms with Crippen molar-refractivity contribution >= 4 is 27.7 Å². The summed E-state index contributed by atoms with van der Waals surface area (Å²) in [7, 11) is 0. The summed E-state index contributed by atoms with van der Waals surface area (Å²) in [6.45, 7) is 2.59. The Hall–Kier alpha value is 0.01000. The predicted molar refractivity (Wildman–Crippen MR) is 82.8 cm³/mol. The molecule has 3 heteroatoms. The van der Waals surface area contributed by atoms with Crippen molar-refractivity contribution in [3.05, 3.63) is 29.8 Å². The van der Waals surface area contributed by atoms with Crippen LogP contribution in [0.15, 0.2) is 29.2 Å². The molecule has 0 aliphatic carbocycles. The predicted octanol–water partition coefficient (Wildman–Crippen LogP) is 3.95. The molecule has 2 aliphatic heterocycles. The summed E-state index contributed by atoms with van der Waals surface area (Å²) in [4.78, 5) is 4.24. The number of benzene rings is 1. The number of alkyl halides is 1. The van der Waals surface area contributed by atoms with Gasteiger partial charge in [-0.2, -0.15) is 0 Å². The lowest BCUT2D eigenvalue weighted by Gasteiger charge is -2.26. The first kappa shape index (κ1) is 13.0. The van der Waals surface area contributed by atoms with E-state index in [1.807, 2.05) is 0 Å². The highest BCUT2D eigenvalue weighted by atomic mass is 79.9. The molecular formula is C15H20BrNS. The zero-order valence-corrected chi connectivity index (χ0v) is 13.0. The summed E-state index contributed by atoms with van der Waals surface area (Å²) in [5.74, 6) is 0. The van der Waals surface area contributed by atoms with Crippen molar-refractivity contribution < 1.29 is 0 Å². The zero-order valence-electron chi connectivity index (χ0n) is 10.6.